The van der Waals surface area contributed by atoms with Crippen molar-refractivity contribution in [3.8, 4) is 0 Å². The van der Waals surface area contributed by atoms with Gasteiger partial charge in [0.1, 0.15) is 5.82 Å². The fraction of sp³-hybridized carbons (Fsp3) is 0.400. The van der Waals surface area contributed by atoms with Crippen molar-refractivity contribution >= 4 is 22.9 Å². The van der Waals surface area contributed by atoms with Gasteiger partial charge in [0.2, 0.25) is 5.91 Å². The van der Waals surface area contributed by atoms with Crippen LogP contribution in [0.2, 0.25) is 0 Å². The fourth-order valence-corrected chi connectivity index (χ4v) is 2.82. The van der Waals surface area contributed by atoms with Crippen molar-refractivity contribution in [2.45, 2.75) is 38.8 Å². The van der Waals surface area contributed by atoms with Crippen LogP contribution in [0.25, 0.3) is 11.0 Å². The van der Waals surface area contributed by atoms with E-state index in [4.69, 9.17) is 5.11 Å². The lowest BCUT2D eigenvalue weighted by atomic mass is 10.2. The molecule has 21 heavy (non-hydrogen) atoms. The van der Waals surface area contributed by atoms with Crippen molar-refractivity contribution in [3.63, 3.8) is 0 Å². The van der Waals surface area contributed by atoms with Crippen LogP contribution in [0.4, 0.5) is 0 Å². The molecule has 1 fully saturated rings. The molecule has 0 aliphatic carbocycles. The Morgan fingerprint density at radius 1 is 1.52 bits per heavy atom. The molecule has 2 heterocycles. The van der Waals surface area contributed by atoms with Gasteiger partial charge in [-0.2, -0.15) is 0 Å². The molecule has 3 rings (SSSR count). The Kier molecular flexibility index (Phi) is 3.37. The minimum absolute atomic E-state index is 0.0932. The maximum atomic E-state index is 11.3. The average Bonchev–Trinajstić information content (AvgIpc) is 3.02. The quantitative estimate of drug-likeness (QED) is 0.894. The lowest BCUT2D eigenvalue weighted by Gasteiger charge is -2.14. The number of carbonyl (C=O) groups excluding carboxylic acids is 1. The highest BCUT2D eigenvalue weighted by molar-refractivity contribution is 5.92. The third-order valence-electron chi connectivity index (χ3n) is 3.88. The summed E-state index contributed by atoms with van der Waals surface area (Å²) in [6.07, 6.45) is 2.16. The normalized spacial score (nSPS) is 18.1. The first-order valence-electron chi connectivity index (χ1n) is 7.10. The number of nitrogens with zero attached hydrogens (tertiary/aromatic N) is 2. The van der Waals surface area contributed by atoms with Gasteiger partial charge in [0.05, 0.1) is 16.6 Å². The second-order valence-electron chi connectivity index (χ2n) is 5.30. The molecule has 0 saturated carbocycles. The van der Waals surface area contributed by atoms with E-state index in [0.717, 1.165) is 24.2 Å². The van der Waals surface area contributed by atoms with Gasteiger partial charge in [0.15, 0.2) is 0 Å². The Morgan fingerprint density at radius 3 is 2.95 bits per heavy atom. The van der Waals surface area contributed by atoms with Gasteiger partial charge in [0, 0.05) is 25.4 Å². The van der Waals surface area contributed by atoms with Crippen molar-refractivity contribution in [2.24, 2.45) is 0 Å². The summed E-state index contributed by atoms with van der Waals surface area (Å²) in [5, 5.41) is 12.0. The molecular formula is C15H17N3O3. The van der Waals surface area contributed by atoms with E-state index in [9.17, 15) is 9.59 Å². The van der Waals surface area contributed by atoms with Crippen LogP contribution in [-0.2, 0) is 17.8 Å². The van der Waals surface area contributed by atoms with Gasteiger partial charge in [-0.15, -0.1) is 0 Å². The molecule has 2 N–H and O–H groups in total. The van der Waals surface area contributed by atoms with E-state index in [-0.39, 0.29) is 17.5 Å². The Morgan fingerprint density at radius 2 is 2.33 bits per heavy atom. The van der Waals surface area contributed by atoms with Crippen LogP contribution in [-0.4, -0.2) is 32.6 Å². The second-order valence-corrected chi connectivity index (χ2v) is 5.30. The van der Waals surface area contributed by atoms with Crippen molar-refractivity contribution in [1.29, 1.82) is 0 Å². The number of aromatic carboxylic acids is 1. The summed E-state index contributed by atoms with van der Waals surface area (Å²) >= 11 is 0. The number of hydrogen-bond acceptors (Lipinski definition) is 3. The van der Waals surface area contributed by atoms with Gasteiger partial charge in [-0.1, -0.05) is 6.92 Å². The maximum absolute atomic E-state index is 11.3. The third kappa shape index (κ3) is 2.49. The first-order valence-corrected chi connectivity index (χ1v) is 7.10. The largest absolute Gasteiger partial charge is 0.478 e. The highest BCUT2D eigenvalue weighted by Crippen LogP contribution is 2.21. The number of rotatable bonds is 4. The number of carboxylic acid groups (broad SMARTS) is 1. The van der Waals surface area contributed by atoms with Gasteiger partial charge < -0.3 is 15.0 Å². The molecule has 1 aliphatic heterocycles. The zero-order chi connectivity index (χ0) is 15.0. The van der Waals surface area contributed by atoms with Crippen molar-refractivity contribution < 1.29 is 14.7 Å². The molecule has 1 saturated heterocycles. The molecule has 1 aromatic carbocycles. The van der Waals surface area contributed by atoms with Crippen molar-refractivity contribution in [3.05, 3.63) is 29.6 Å². The lowest BCUT2D eigenvalue weighted by Crippen LogP contribution is -2.30. The van der Waals surface area contributed by atoms with E-state index in [1.807, 2.05) is 6.92 Å². The summed E-state index contributed by atoms with van der Waals surface area (Å²) in [5.41, 5.74) is 1.85. The number of benzene rings is 1. The number of aromatic nitrogens is 2. The summed E-state index contributed by atoms with van der Waals surface area (Å²) in [6.45, 7) is 2.70. The van der Waals surface area contributed by atoms with Gasteiger partial charge in [0.25, 0.3) is 0 Å². The van der Waals surface area contributed by atoms with Crippen LogP contribution in [0, 0.1) is 0 Å². The Bertz CT molecular complexity index is 720. The number of imidazole rings is 1. The molecule has 1 unspecified atom stereocenters. The molecule has 6 heteroatoms. The Labute approximate surface area is 121 Å². The molecule has 1 atom stereocenters. The molecule has 2 aromatic rings. The highest BCUT2D eigenvalue weighted by atomic mass is 16.4. The van der Waals surface area contributed by atoms with E-state index in [2.05, 4.69) is 14.9 Å². The number of hydrogen-bond donors (Lipinski definition) is 2. The minimum Gasteiger partial charge on any atom is -0.478 e. The number of carbonyl (C=O) groups is 2. The number of nitrogens with one attached hydrogen (secondary N) is 1. The number of carboxylic acids is 1. The maximum Gasteiger partial charge on any atom is 0.335 e. The minimum atomic E-state index is -0.951. The molecule has 0 spiro atoms. The van der Waals surface area contributed by atoms with E-state index >= 15 is 0 Å². The first kappa shape index (κ1) is 13.6. The molecule has 0 bridgehead atoms. The molecule has 110 valence electrons. The highest BCUT2D eigenvalue weighted by Gasteiger charge is 2.23. The number of amides is 1. The van der Waals surface area contributed by atoms with E-state index < -0.39 is 5.97 Å². The smallest absolute Gasteiger partial charge is 0.335 e. The summed E-state index contributed by atoms with van der Waals surface area (Å²) in [4.78, 5) is 26.9. The van der Waals surface area contributed by atoms with Gasteiger partial charge >= 0.3 is 5.97 Å². The summed E-state index contributed by atoms with van der Waals surface area (Å²) in [6, 6.07) is 5.11. The third-order valence-corrected chi connectivity index (χ3v) is 3.88. The monoisotopic (exact) mass is 287 g/mol. The van der Waals surface area contributed by atoms with Crippen LogP contribution >= 0.6 is 0 Å². The van der Waals surface area contributed by atoms with Crippen molar-refractivity contribution in [1.82, 2.24) is 14.9 Å². The molecule has 1 aromatic heterocycles. The van der Waals surface area contributed by atoms with Crippen LogP contribution in [0.15, 0.2) is 18.2 Å². The summed E-state index contributed by atoms with van der Waals surface area (Å²) in [7, 11) is 0. The number of aryl methyl sites for hydroxylation is 1. The summed E-state index contributed by atoms with van der Waals surface area (Å²) < 4.78 is 2.08. The average molecular weight is 287 g/mol. The Balaban J connectivity index is 1.99. The molecule has 0 radical (unpaired) electrons. The molecule has 1 amide bonds. The zero-order valence-corrected chi connectivity index (χ0v) is 11.8. The fourth-order valence-electron chi connectivity index (χ4n) is 2.82. The van der Waals surface area contributed by atoms with Crippen LogP contribution in [0.1, 0.15) is 35.9 Å². The van der Waals surface area contributed by atoms with Crippen LogP contribution in [0.5, 0.6) is 0 Å². The number of fused-ring (bicyclic) bond motifs is 1. The van der Waals surface area contributed by atoms with Gasteiger partial charge in [-0.05, 0) is 24.6 Å². The van der Waals surface area contributed by atoms with Gasteiger partial charge in [-0.3, -0.25) is 4.79 Å². The van der Waals surface area contributed by atoms with Crippen LogP contribution < -0.4 is 5.32 Å². The first-order chi connectivity index (χ1) is 10.1. The van der Waals surface area contributed by atoms with Gasteiger partial charge in [-0.25, -0.2) is 9.78 Å². The molecular weight excluding hydrogens is 270 g/mol. The molecule has 1 aliphatic rings. The molecule has 6 nitrogen and oxygen atoms in total. The zero-order valence-electron chi connectivity index (χ0n) is 11.8. The second kappa shape index (κ2) is 5.20. The standard InChI is InChI=1S/C15H17N3O3/c1-2-13-17-11-7-9(15(20)21)3-5-12(11)18(13)8-10-4-6-14(19)16-10/h3,5,7,10H,2,4,6,8H2,1H3,(H,16,19)(H,20,21). The van der Waals surface area contributed by atoms with E-state index in [1.165, 1.54) is 0 Å². The predicted octanol–water partition coefficient (Wildman–Crippen LogP) is 1.58. The Hall–Kier alpha value is -2.37. The summed E-state index contributed by atoms with van der Waals surface area (Å²) in [5.74, 6) is 0.0527. The van der Waals surface area contributed by atoms with E-state index in [0.29, 0.717) is 18.5 Å². The van der Waals surface area contributed by atoms with Crippen molar-refractivity contribution in [2.75, 3.05) is 0 Å². The van der Waals surface area contributed by atoms with E-state index in [1.54, 1.807) is 18.2 Å². The predicted molar refractivity (Wildman–Crippen MR) is 77.2 cm³/mol. The van der Waals surface area contributed by atoms with Crippen LogP contribution in [0.3, 0.4) is 0 Å². The topological polar surface area (TPSA) is 84.2 Å². The lowest BCUT2D eigenvalue weighted by molar-refractivity contribution is -0.119. The SMILES string of the molecule is CCc1nc2cc(C(=O)O)ccc2n1CC1CCC(=O)N1.